The molecule has 16 heteroatoms. The first kappa shape index (κ1) is 37.7. The average Bonchev–Trinajstić information content (AvgIpc) is 3.49. The Hall–Kier alpha value is -4.05. The second-order valence-corrected chi connectivity index (χ2v) is 13.9. The number of hydrogen-bond donors (Lipinski definition) is 2. The molecule has 4 aliphatic heterocycles. The van der Waals surface area contributed by atoms with Crippen molar-refractivity contribution in [2.24, 2.45) is 0 Å². The third-order valence-electron chi connectivity index (χ3n) is 10.6. The molecule has 0 saturated carbocycles. The summed E-state index contributed by atoms with van der Waals surface area (Å²) in [5, 5.41) is 6.30. The van der Waals surface area contributed by atoms with Gasteiger partial charge in [0.1, 0.15) is 0 Å². The van der Waals surface area contributed by atoms with Crippen molar-refractivity contribution in [1.82, 2.24) is 24.9 Å². The third kappa shape index (κ3) is 9.11. The van der Waals surface area contributed by atoms with Gasteiger partial charge in [-0.25, -0.2) is 9.59 Å². The minimum atomic E-state index is -5.08. The van der Waals surface area contributed by atoms with Gasteiger partial charge in [0.15, 0.2) is 6.10 Å². The largest absolute Gasteiger partial charge is 0.436 e. The monoisotopic (exact) mass is 738 g/mol. The molecule has 4 heterocycles. The van der Waals surface area contributed by atoms with Crippen LogP contribution in [0.1, 0.15) is 54.4 Å². The van der Waals surface area contributed by atoms with E-state index in [-0.39, 0.29) is 37.3 Å². The summed E-state index contributed by atoms with van der Waals surface area (Å²) >= 11 is 0. The number of anilines is 1. The van der Waals surface area contributed by atoms with Crippen LogP contribution >= 0.6 is 0 Å². The molecule has 3 fully saturated rings. The number of amides is 4. The first-order chi connectivity index (χ1) is 24.8. The van der Waals surface area contributed by atoms with Gasteiger partial charge in [0.25, 0.3) is 5.91 Å². The van der Waals surface area contributed by atoms with Crippen molar-refractivity contribution in [2.75, 3.05) is 64.2 Å². The van der Waals surface area contributed by atoms with Crippen molar-refractivity contribution < 1.29 is 45.5 Å². The lowest BCUT2D eigenvalue weighted by Crippen LogP contribution is -2.53. The zero-order valence-corrected chi connectivity index (χ0v) is 28.8. The number of ether oxygens (including phenoxy) is 1. The quantitative estimate of drug-likeness (QED) is 0.375. The molecule has 2 N–H and O–H groups in total. The highest BCUT2D eigenvalue weighted by molar-refractivity contribution is 5.91. The second-order valence-electron chi connectivity index (χ2n) is 13.9. The highest BCUT2D eigenvalue weighted by atomic mass is 19.4. The van der Waals surface area contributed by atoms with Gasteiger partial charge in [0.2, 0.25) is 0 Å². The van der Waals surface area contributed by atoms with Gasteiger partial charge in [-0.1, -0.05) is 18.2 Å². The predicted octanol–water partition coefficient (Wildman–Crippen LogP) is 5.61. The van der Waals surface area contributed by atoms with Crippen LogP contribution in [0.25, 0.3) is 0 Å². The SMILES string of the molecule is O=C(O[C@H](Cc1cc(C(F)(F)F)cc(C(F)(F)F)c1)C(=O)N1CCC(N2CCCNCC2)CC1)N1CCC(N2CCc3ccccc3NC2=O)CC1. The van der Waals surface area contributed by atoms with Crippen molar-refractivity contribution in [3.63, 3.8) is 0 Å². The summed E-state index contributed by atoms with van der Waals surface area (Å²) in [4.78, 5) is 47.5. The van der Waals surface area contributed by atoms with Crippen LogP contribution in [0, 0.1) is 0 Å². The van der Waals surface area contributed by atoms with Crippen molar-refractivity contribution >= 4 is 23.7 Å². The van der Waals surface area contributed by atoms with E-state index < -0.39 is 53.6 Å². The molecule has 52 heavy (non-hydrogen) atoms. The first-order valence-electron chi connectivity index (χ1n) is 17.9. The number of rotatable bonds is 6. The number of nitrogens with one attached hydrogen (secondary N) is 2. The molecule has 4 aliphatic rings. The molecule has 0 radical (unpaired) electrons. The Bertz CT molecular complexity index is 1550. The Labute approximate surface area is 298 Å². The molecule has 3 saturated heterocycles. The van der Waals surface area contributed by atoms with E-state index in [4.69, 9.17) is 4.74 Å². The summed E-state index contributed by atoms with van der Waals surface area (Å²) in [6.45, 7) is 5.01. The van der Waals surface area contributed by atoms with E-state index in [1.165, 1.54) is 9.80 Å². The van der Waals surface area contributed by atoms with E-state index in [1.54, 1.807) is 4.90 Å². The van der Waals surface area contributed by atoms with Crippen molar-refractivity contribution in [2.45, 2.75) is 75.5 Å². The van der Waals surface area contributed by atoms with Crippen molar-refractivity contribution in [1.29, 1.82) is 0 Å². The highest BCUT2D eigenvalue weighted by Crippen LogP contribution is 2.37. The van der Waals surface area contributed by atoms with Crippen LogP contribution in [0.4, 0.5) is 41.6 Å². The Balaban J connectivity index is 1.15. The summed E-state index contributed by atoms with van der Waals surface area (Å²) in [5.74, 6) is -0.661. The maximum Gasteiger partial charge on any atom is 0.416 e. The van der Waals surface area contributed by atoms with E-state index in [2.05, 4.69) is 15.5 Å². The maximum absolute atomic E-state index is 14.0. The summed E-state index contributed by atoms with van der Waals surface area (Å²) in [6, 6.07) is 8.51. The zero-order valence-electron chi connectivity index (χ0n) is 28.8. The molecular weight excluding hydrogens is 694 g/mol. The van der Waals surface area contributed by atoms with Crippen molar-refractivity contribution in [3.8, 4) is 0 Å². The minimum Gasteiger partial charge on any atom is -0.436 e. The standard InChI is InChI=1S/C36H44F6N6O4/c37-35(38,39)26-20-24(21-27(23-26)36(40,41)42)22-31(32(49)46-14-7-28(8-15-46)45-13-3-11-43-12-19-45)52-34(51)47-16-9-29(10-17-47)48-18-6-25-4-1-2-5-30(25)44-33(48)50/h1-2,4-5,20-21,23,28-29,31,43H,3,6-19,22H2,(H,44,50)/t31-/m1/s1. The number of halogens is 6. The molecule has 0 bridgehead atoms. The summed E-state index contributed by atoms with van der Waals surface area (Å²) in [5.41, 5.74) is -1.68. The molecule has 4 amide bonds. The number of benzene rings is 2. The van der Waals surface area contributed by atoms with E-state index in [0.717, 1.165) is 43.9 Å². The lowest BCUT2D eigenvalue weighted by Gasteiger charge is -2.40. The predicted molar refractivity (Wildman–Crippen MR) is 180 cm³/mol. The molecular formula is C36H44F6N6O4. The molecule has 10 nitrogen and oxygen atoms in total. The molecule has 1 atom stereocenters. The smallest absolute Gasteiger partial charge is 0.416 e. The molecule has 0 aliphatic carbocycles. The zero-order chi connectivity index (χ0) is 37.0. The van der Waals surface area contributed by atoms with E-state index in [0.29, 0.717) is 63.9 Å². The Kier molecular flexibility index (Phi) is 11.5. The number of fused-ring (bicyclic) bond motifs is 1. The summed E-state index contributed by atoms with van der Waals surface area (Å²) < 4.78 is 87.9. The first-order valence-corrected chi connectivity index (χ1v) is 17.9. The Morgan fingerprint density at radius 2 is 1.42 bits per heavy atom. The van der Waals surface area contributed by atoms with Crippen LogP contribution in [0.3, 0.4) is 0 Å². The normalized spacial score (nSPS) is 20.8. The van der Waals surface area contributed by atoms with E-state index >= 15 is 0 Å². The molecule has 0 aromatic heterocycles. The number of para-hydroxylation sites is 1. The van der Waals surface area contributed by atoms with Gasteiger partial charge in [0.05, 0.1) is 11.1 Å². The number of carbonyl (C=O) groups excluding carboxylic acids is 3. The molecule has 0 spiro atoms. The average molecular weight is 739 g/mol. The highest BCUT2D eigenvalue weighted by Gasteiger charge is 2.40. The topological polar surface area (TPSA) is 97.5 Å². The maximum atomic E-state index is 14.0. The molecule has 6 rings (SSSR count). The fourth-order valence-electron chi connectivity index (χ4n) is 7.71. The van der Waals surface area contributed by atoms with Crippen LogP contribution in [0.15, 0.2) is 42.5 Å². The van der Waals surface area contributed by atoms with Crippen LogP contribution in [0.5, 0.6) is 0 Å². The van der Waals surface area contributed by atoms with E-state index in [9.17, 15) is 40.7 Å². The fraction of sp³-hybridized carbons (Fsp3) is 0.583. The number of nitrogens with zero attached hydrogens (tertiary/aromatic N) is 4. The van der Waals surface area contributed by atoms with Crippen LogP contribution < -0.4 is 10.6 Å². The molecule has 2 aromatic carbocycles. The lowest BCUT2D eigenvalue weighted by atomic mass is 9.98. The van der Waals surface area contributed by atoms with Gasteiger partial charge >= 0.3 is 24.5 Å². The minimum absolute atomic E-state index is 0.0306. The van der Waals surface area contributed by atoms with Crippen molar-refractivity contribution in [3.05, 3.63) is 64.7 Å². The van der Waals surface area contributed by atoms with Gasteiger partial charge < -0.3 is 30.1 Å². The molecule has 284 valence electrons. The van der Waals surface area contributed by atoms with Gasteiger partial charge in [-0.05, 0) is 87.0 Å². The van der Waals surface area contributed by atoms with Gasteiger partial charge in [-0.3, -0.25) is 9.69 Å². The number of alkyl halides is 6. The van der Waals surface area contributed by atoms with Gasteiger partial charge in [0, 0.05) is 70.0 Å². The summed E-state index contributed by atoms with van der Waals surface area (Å²) in [6.07, 6.45) is -9.61. The number of hydrogen-bond acceptors (Lipinski definition) is 6. The number of urea groups is 1. The third-order valence-corrected chi connectivity index (χ3v) is 10.6. The van der Waals surface area contributed by atoms with Gasteiger partial charge in [-0.15, -0.1) is 0 Å². The van der Waals surface area contributed by atoms with Gasteiger partial charge in [-0.2, -0.15) is 26.3 Å². The Morgan fingerprint density at radius 1 is 0.788 bits per heavy atom. The molecule has 0 unspecified atom stereocenters. The number of likely N-dealkylation sites (tertiary alicyclic amines) is 2. The van der Waals surface area contributed by atoms with Crippen LogP contribution in [0.2, 0.25) is 0 Å². The fourth-order valence-corrected chi connectivity index (χ4v) is 7.71. The number of carbonyl (C=O) groups is 3. The lowest BCUT2D eigenvalue weighted by molar-refractivity contribution is -0.143. The molecule has 2 aromatic rings. The van der Waals surface area contributed by atoms with E-state index in [1.807, 2.05) is 24.3 Å². The van der Waals surface area contributed by atoms with Crippen LogP contribution in [-0.4, -0.2) is 115 Å². The second kappa shape index (κ2) is 15.9. The summed E-state index contributed by atoms with van der Waals surface area (Å²) in [7, 11) is 0. The Morgan fingerprint density at radius 3 is 2.10 bits per heavy atom. The number of piperidine rings is 2. The van der Waals surface area contributed by atoms with Crippen LogP contribution in [-0.2, 0) is 34.7 Å².